The Kier molecular flexibility index (Phi) is 4.70. The maximum absolute atomic E-state index is 5.50. The first-order chi connectivity index (χ1) is 12.2. The van der Waals surface area contributed by atoms with E-state index in [0.717, 1.165) is 28.9 Å². The van der Waals surface area contributed by atoms with Crippen molar-refractivity contribution in [2.75, 3.05) is 5.75 Å². The summed E-state index contributed by atoms with van der Waals surface area (Å²) >= 11 is 1.76. The number of rotatable bonds is 4. The van der Waals surface area contributed by atoms with Crippen molar-refractivity contribution in [1.29, 1.82) is 0 Å². The number of aryl methyl sites for hydroxylation is 1. The van der Waals surface area contributed by atoms with Gasteiger partial charge in [0, 0.05) is 22.7 Å². The summed E-state index contributed by atoms with van der Waals surface area (Å²) in [6.45, 7) is 5.05. The van der Waals surface area contributed by atoms with E-state index >= 15 is 0 Å². The molecule has 1 N–H and O–H groups in total. The van der Waals surface area contributed by atoms with Gasteiger partial charge in [-0.25, -0.2) is 0 Å². The molecule has 1 saturated carbocycles. The normalized spacial score (nSPS) is 20.1. The lowest BCUT2D eigenvalue weighted by Crippen LogP contribution is -2.26. The molecule has 1 fully saturated rings. The number of nitrogens with one attached hydrogen (secondary N) is 1. The molecule has 0 unspecified atom stereocenters. The molecule has 0 amide bonds. The highest BCUT2D eigenvalue weighted by atomic mass is 32.2. The van der Waals surface area contributed by atoms with E-state index in [0.29, 0.717) is 6.04 Å². The van der Waals surface area contributed by atoms with Gasteiger partial charge in [-0.05, 0) is 44.9 Å². The molecule has 4 rings (SSSR count). The Labute approximate surface area is 152 Å². The van der Waals surface area contributed by atoms with Crippen LogP contribution in [0.25, 0.3) is 0 Å². The molecule has 0 bridgehead atoms. The molecule has 132 valence electrons. The number of nitrogens with zero attached hydrogens (tertiary/aromatic N) is 3. The maximum atomic E-state index is 5.50. The van der Waals surface area contributed by atoms with Gasteiger partial charge in [0.1, 0.15) is 5.76 Å². The molecule has 1 aliphatic heterocycles. The molecular formula is C19H24N4OS. The Morgan fingerprint density at radius 2 is 2.20 bits per heavy atom. The Morgan fingerprint density at radius 1 is 1.36 bits per heavy atom. The van der Waals surface area contributed by atoms with Gasteiger partial charge < -0.3 is 8.98 Å². The standard InChI is InChI=1S/C19H24N4OS/c1-13-10-17(14(2)23(13)11-16-8-5-9-24-16)18-12-25-19(22-21-18)20-15-6-3-4-7-15/h5,8-10,15H,3-4,6-7,11-12H2,1-2H3,(H,20,22). The Balaban J connectivity index is 1.51. The van der Waals surface area contributed by atoms with Crippen LogP contribution in [-0.4, -0.2) is 27.2 Å². The second kappa shape index (κ2) is 7.12. The van der Waals surface area contributed by atoms with Gasteiger partial charge in [0.25, 0.3) is 0 Å². The zero-order valence-electron chi connectivity index (χ0n) is 14.8. The summed E-state index contributed by atoms with van der Waals surface area (Å²) in [6.07, 6.45) is 6.78. The summed E-state index contributed by atoms with van der Waals surface area (Å²) in [5.74, 6) is 1.83. The molecular weight excluding hydrogens is 332 g/mol. The quantitative estimate of drug-likeness (QED) is 0.898. The zero-order chi connectivity index (χ0) is 17.2. The van der Waals surface area contributed by atoms with Crippen LogP contribution in [0.2, 0.25) is 0 Å². The van der Waals surface area contributed by atoms with Crippen molar-refractivity contribution in [3.05, 3.63) is 47.2 Å². The predicted molar refractivity (Wildman–Crippen MR) is 104 cm³/mol. The molecule has 2 aromatic rings. The topological polar surface area (TPSA) is 54.8 Å². The van der Waals surface area contributed by atoms with E-state index in [1.165, 1.54) is 42.6 Å². The fourth-order valence-corrected chi connectivity index (χ4v) is 4.44. The molecule has 1 aliphatic carbocycles. The van der Waals surface area contributed by atoms with Crippen LogP contribution in [0.3, 0.4) is 0 Å². The molecule has 2 aromatic heterocycles. The third kappa shape index (κ3) is 3.54. The fraction of sp³-hybridized carbons (Fsp3) is 0.474. The van der Waals surface area contributed by atoms with Crippen molar-refractivity contribution >= 4 is 22.6 Å². The molecule has 0 aromatic carbocycles. The highest BCUT2D eigenvalue weighted by Gasteiger charge is 2.21. The van der Waals surface area contributed by atoms with Crippen LogP contribution in [0.15, 0.2) is 39.0 Å². The summed E-state index contributed by atoms with van der Waals surface area (Å²) in [6, 6.07) is 6.66. The number of furan rings is 1. The van der Waals surface area contributed by atoms with Crippen LogP contribution in [-0.2, 0) is 6.54 Å². The molecule has 0 radical (unpaired) electrons. The third-order valence-corrected chi connectivity index (χ3v) is 5.92. The van der Waals surface area contributed by atoms with Crippen LogP contribution in [0.5, 0.6) is 0 Å². The van der Waals surface area contributed by atoms with Crippen molar-refractivity contribution in [3.8, 4) is 0 Å². The van der Waals surface area contributed by atoms with Crippen molar-refractivity contribution in [1.82, 2.24) is 9.99 Å². The summed E-state index contributed by atoms with van der Waals surface area (Å²) in [5, 5.41) is 5.59. The number of hydrogen-bond donors (Lipinski definition) is 1. The summed E-state index contributed by atoms with van der Waals surface area (Å²) in [7, 11) is 0. The largest absolute Gasteiger partial charge is 0.467 e. The van der Waals surface area contributed by atoms with E-state index in [4.69, 9.17) is 9.41 Å². The minimum absolute atomic E-state index is 0.491. The lowest BCUT2D eigenvalue weighted by molar-refractivity contribution is 0.489. The Morgan fingerprint density at radius 3 is 2.88 bits per heavy atom. The fourth-order valence-electron chi connectivity index (χ4n) is 3.61. The Hall–Kier alpha value is -1.95. The van der Waals surface area contributed by atoms with Gasteiger partial charge in [-0.3, -0.25) is 10.4 Å². The first-order valence-corrected chi connectivity index (χ1v) is 9.92. The summed E-state index contributed by atoms with van der Waals surface area (Å²) in [5.41, 5.74) is 7.93. The second-order valence-electron chi connectivity index (χ2n) is 6.78. The summed E-state index contributed by atoms with van der Waals surface area (Å²) in [4.78, 5) is 4.80. The lowest BCUT2D eigenvalue weighted by atomic mass is 10.1. The highest BCUT2D eigenvalue weighted by molar-refractivity contribution is 8.14. The minimum Gasteiger partial charge on any atom is -0.467 e. The van der Waals surface area contributed by atoms with Gasteiger partial charge >= 0.3 is 0 Å². The molecule has 6 heteroatoms. The van der Waals surface area contributed by atoms with Crippen LogP contribution in [0.1, 0.15) is 48.4 Å². The smallest absolute Gasteiger partial charge is 0.177 e. The van der Waals surface area contributed by atoms with E-state index in [2.05, 4.69) is 35.0 Å². The predicted octanol–water partition coefficient (Wildman–Crippen LogP) is 4.09. The van der Waals surface area contributed by atoms with E-state index < -0.39 is 0 Å². The van der Waals surface area contributed by atoms with Crippen molar-refractivity contribution in [2.24, 2.45) is 10.1 Å². The monoisotopic (exact) mass is 356 g/mol. The van der Waals surface area contributed by atoms with E-state index in [-0.39, 0.29) is 0 Å². The van der Waals surface area contributed by atoms with Gasteiger partial charge in [-0.15, -0.1) is 0 Å². The number of aliphatic imine (C=N–C) groups is 1. The van der Waals surface area contributed by atoms with E-state index in [9.17, 15) is 0 Å². The van der Waals surface area contributed by atoms with Gasteiger partial charge in [0.15, 0.2) is 5.17 Å². The molecule has 25 heavy (non-hydrogen) atoms. The van der Waals surface area contributed by atoms with Gasteiger partial charge in [-0.1, -0.05) is 24.6 Å². The number of amidine groups is 1. The molecule has 0 spiro atoms. The maximum Gasteiger partial charge on any atom is 0.177 e. The lowest BCUT2D eigenvalue weighted by Gasteiger charge is -2.16. The number of hydrogen-bond acceptors (Lipinski definition) is 4. The van der Waals surface area contributed by atoms with Crippen molar-refractivity contribution < 1.29 is 4.42 Å². The van der Waals surface area contributed by atoms with Crippen LogP contribution >= 0.6 is 11.8 Å². The average molecular weight is 356 g/mol. The van der Waals surface area contributed by atoms with E-state index in [1.54, 1.807) is 18.0 Å². The number of aromatic nitrogens is 1. The first-order valence-electron chi connectivity index (χ1n) is 8.93. The molecule has 3 heterocycles. The van der Waals surface area contributed by atoms with Crippen molar-refractivity contribution in [3.63, 3.8) is 0 Å². The van der Waals surface area contributed by atoms with E-state index in [1.807, 2.05) is 12.1 Å². The van der Waals surface area contributed by atoms with Crippen LogP contribution in [0.4, 0.5) is 0 Å². The van der Waals surface area contributed by atoms with Crippen molar-refractivity contribution in [2.45, 2.75) is 52.1 Å². The molecule has 2 aliphatic rings. The third-order valence-electron chi connectivity index (χ3n) is 5.04. The number of hydrazone groups is 1. The number of thioether (sulfide) groups is 1. The summed E-state index contributed by atoms with van der Waals surface area (Å²) < 4.78 is 7.78. The van der Waals surface area contributed by atoms with Crippen LogP contribution < -0.4 is 5.43 Å². The van der Waals surface area contributed by atoms with Gasteiger partial charge in [0.05, 0.1) is 24.6 Å². The molecule has 0 atom stereocenters. The van der Waals surface area contributed by atoms with Gasteiger partial charge in [0.2, 0.25) is 0 Å². The Bertz CT molecular complexity index is 798. The van der Waals surface area contributed by atoms with Crippen LogP contribution in [0, 0.1) is 13.8 Å². The SMILES string of the molecule is Cc1cc(C2=NNC(=NC3CCCC3)SC2)c(C)n1Cc1ccco1. The highest BCUT2D eigenvalue weighted by Crippen LogP contribution is 2.24. The zero-order valence-corrected chi connectivity index (χ0v) is 15.6. The van der Waals surface area contributed by atoms with Gasteiger partial charge in [-0.2, -0.15) is 5.10 Å². The minimum atomic E-state index is 0.491. The molecule has 0 saturated heterocycles. The molecule has 5 nitrogen and oxygen atoms in total. The average Bonchev–Trinajstić information content (AvgIpc) is 3.35. The first kappa shape index (κ1) is 16.5. The second-order valence-corrected chi connectivity index (χ2v) is 7.75.